The van der Waals surface area contributed by atoms with Crippen LogP contribution in [0.2, 0.25) is 0 Å². The van der Waals surface area contributed by atoms with Crippen molar-refractivity contribution in [1.82, 2.24) is 10.7 Å². The van der Waals surface area contributed by atoms with E-state index >= 15 is 0 Å². The monoisotopic (exact) mass is 410 g/mol. The van der Waals surface area contributed by atoms with E-state index in [1.54, 1.807) is 31.4 Å². The molecule has 3 aromatic rings. The molecule has 0 fully saturated rings. The van der Waals surface area contributed by atoms with Gasteiger partial charge in [0.25, 0.3) is 5.69 Å². The maximum Gasteiger partial charge on any atom is 0.269 e. The van der Waals surface area contributed by atoms with Gasteiger partial charge in [-0.3, -0.25) is 15.5 Å². The third-order valence-corrected chi connectivity index (χ3v) is 4.20. The van der Waals surface area contributed by atoms with Gasteiger partial charge in [-0.15, -0.1) is 0 Å². The summed E-state index contributed by atoms with van der Waals surface area (Å²) in [5.41, 5.74) is 4.54. The Kier molecular flexibility index (Phi) is 6.54. The van der Waals surface area contributed by atoms with E-state index in [4.69, 9.17) is 21.4 Å². The van der Waals surface area contributed by atoms with Crippen molar-refractivity contribution in [2.75, 3.05) is 7.11 Å². The lowest BCUT2D eigenvalue weighted by molar-refractivity contribution is -0.384. The molecule has 0 bridgehead atoms. The van der Waals surface area contributed by atoms with E-state index in [9.17, 15) is 10.1 Å². The molecule has 0 aliphatic rings. The Bertz CT molecular complexity index is 1010. The molecule has 2 aromatic carbocycles. The second-order valence-electron chi connectivity index (χ2n) is 5.91. The molecule has 0 atom stereocenters. The number of hydrazone groups is 1. The van der Waals surface area contributed by atoms with Gasteiger partial charge in [0.2, 0.25) is 0 Å². The highest BCUT2D eigenvalue weighted by Gasteiger charge is 2.08. The zero-order chi connectivity index (χ0) is 20.6. The van der Waals surface area contributed by atoms with Crippen molar-refractivity contribution >= 4 is 29.2 Å². The van der Waals surface area contributed by atoms with E-state index in [2.05, 4.69) is 15.8 Å². The lowest BCUT2D eigenvalue weighted by atomic mass is 10.1. The molecule has 0 unspecified atom stereocenters. The van der Waals surface area contributed by atoms with Crippen LogP contribution in [0, 0.1) is 10.1 Å². The molecule has 3 rings (SSSR count). The van der Waals surface area contributed by atoms with E-state index in [-0.39, 0.29) is 5.69 Å². The summed E-state index contributed by atoms with van der Waals surface area (Å²) in [6.45, 7) is 0.552. The fourth-order valence-electron chi connectivity index (χ4n) is 2.44. The molecule has 9 heteroatoms. The fraction of sp³-hybridized carbons (Fsp3) is 0.100. The van der Waals surface area contributed by atoms with Crippen LogP contribution in [-0.4, -0.2) is 23.4 Å². The highest BCUT2D eigenvalue weighted by atomic mass is 32.1. The molecular weight excluding hydrogens is 392 g/mol. The largest absolute Gasteiger partial charge is 0.497 e. The molecular formula is C20H18N4O4S. The highest BCUT2D eigenvalue weighted by molar-refractivity contribution is 7.80. The maximum absolute atomic E-state index is 10.7. The molecule has 0 aliphatic carbocycles. The predicted molar refractivity (Wildman–Crippen MR) is 114 cm³/mol. The van der Waals surface area contributed by atoms with Gasteiger partial charge in [-0.2, -0.15) is 5.10 Å². The smallest absolute Gasteiger partial charge is 0.269 e. The zero-order valence-electron chi connectivity index (χ0n) is 15.5. The minimum atomic E-state index is -0.443. The van der Waals surface area contributed by atoms with Gasteiger partial charge >= 0.3 is 0 Å². The zero-order valence-corrected chi connectivity index (χ0v) is 16.3. The summed E-state index contributed by atoms with van der Waals surface area (Å²) >= 11 is 5.19. The lowest BCUT2D eigenvalue weighted by Gasteiger charge is -2.07. The van der Waals surface area contributed by atoms with Crippen LogP contribution in [0.25, 0.3) is 11.3 Å². The maximum atomic E-state index is 10.7. The number of hydrogen-bond donors (Lipinski definition) is 2. The molecule has 0 amide bonds. The molecule has 0 spiro atoms. The van der Waals surface area contributed by atoms with E-state index in [0.717, 1.165) is 16.9 Å². The summed E-state index contributed by atoms with van der Waals surface area (Å²) in [4.78, 5) is 10.3. The summed E-state index contributed by atoms with van der Waals surface area (Å²) in [6.07, 6.45) is 1.50. The topological polar surface area (TPSA) is 102 Å². The van der Waals surface area contributed by atoms with Gasteiger partial charge in [0.1, 0.15) is 17.3 Å². The van der Waals surface area contributed by atoms with Gasteiger partial charge in [-0.25, -0.2) is 0 Å². The Morgan fingerprint density at radius 2 is 1.90 bits per heavy atom. The minimum Gasteiger partial charge on any atom is -0.497 e. The number of hydrogen-bond acceptors (Lipinski definition) is 6. The van der Waals surface area contributed by atoms with Crippen LogP contribution in [-0.2, 0) is 6.54 Å². The van der Waals surface area contributed by atoms with Crippen LogP contribution >= 0.6 is 12.2 Å². The number of ether oxygens (including phenoxy) is 1. The average Bonchev–Trinajstić information content (AvgIpc) is 3.21. The molecule has 0 radical (unpaired) electrons. The van der Waals surface area contributed by atoms with Crippen molar-refractivity contribution in [3.05, 3.63) is 82.1 Å². The first-order valence-electron chi connectivity index (χ1n) is 8.59. The fourth-order valence-corrected chi connectivity index (χ4v) is 2.57. The molecule has 0 aliphatic heterocycles. The Morgan fingerprint density at radius 3 is 2.55 bits per heavy atom. The first kappa shape index (κ1) is 20.0. The normalized spacial score (nSPS) is 10.7. The minimum absolute atomic E-state index is 0.0296. The molecule has 0 saturated heterocycles. The third kappa shape index (κ3) is 5.63. The van der Waals surface area contributed by atoms with Crippen molar-refractivity contribution in [2.24, 2.45) is 5.10 Å². The molecule has 29 heavy (non-hydrogen) atoms. The molecule has 148 valence electrons. The van der Waals surface area contributed by atoms with Gasteiger partial charge in [-0.1, -0.05) is 12.1 Å². The Labute approximate surface area is 172 Å². The van der Waals surface area contributed by atoms with Crippen molar-refractivity contribution in [3.8, 4) is 17.1 Å². The molecule has 1 heterocycles. The highest BCUT2D eigenvalue weighted by Crippen LogP contribution is 2.24. The van der Waals surface area contributed by atoms with Crippen molar-refractivity contribution in [2.45, 2.75) is 6.54 Å². The molecule has 2 N–H and O–H groups in total. The average molecular weight is 410 g/mol. The van der Waals surface area contributed by atoms with Crippen molar-refractivity contribution in [1.29, 1.82) is 0 Å². The number of thiocarbonyl (C=S) groups is 1. The van der Waals surface area contributed by atoms with Crippen LogP contribution in [0.4, 0.5) is 5.69 Å². The second kappa shape index (κ2) is 9.47. The number of nitrogens with zero attached hydrogens (tertiary/aromatic N) is 2. The summed E-state index contributed by atoms with van der Waals surface area (Å²) in [6, 6.07) is 17.3. The Balaban J connectivity index is 1.50. The van der Waals surface area contributed by atoms with Gasteiger partial charge in [0.15, 0.2) is 5.11 Å². The first-order chi connectivity index (χ1) is 14.0. The quantitative estimate of drug-likeness (QED) is 0.264. The molecule has 0 saturated carbocycles. The number of nitro benzene ring substituents is 1. The van der Waals surface area contributed by atoms with Crippen LogP contribution in [0.15, 0.2) is 70.2 Å². The summed E-state index contributed by atoms with van der Waals surface area (Å²) < 4.78 is 10.8. The molecule has 8 nitrogen and oxygen atoms in total. The number of furan rings is 1. The van der Waals surface area contributed by atoms with Crippen LogP contribution in [0.1, 0.15) is 11.3 Å². The number of nitro groups is 1. The van der Waals surface area contributed by atoms with E-state index in [0.29, 0.717) is 23.2 Å². The van der Waals surface area contributed by atoms with Gasteiger partial charge in [0, 0.05) is 24.2 Å². The van der Waals surface area contributed by atoms with Crippen molar-refractivity contribution < 1.29 is 14.1 Å². The summed E-state index contributed by atoms with van der Waals surface area (Å²) in [5.74, 6) is 1.90. The van der Waals surface area contributed by atoms with Gasteiger partial charge in [-0.05, 0) is 54.2 Å². The SMILES string of the molecule is COc1ccc(CNC(=S)N/N=C\c2ccc(-c3ccc([N+](=O)[O-])cc3)o2)cc1. The standard InChI is InChI=1S/C20H18N4O4S/c1-27-17-8-2-14(3-9-17)12-21-20(29)23-22-13-18-10-11-19(28-18)15-4-6-16(7-5-15)24(25)26/h2-11,13H,12H2,1H3,(H2,21,23,29)/b22-13-. The number of non-ortho nitro benzene ring substituents is 1. The van der Waals surface area contributed by atoms with Gasteiger partial charge < -0.3 is 14.5 Å². The van der Waals surface area contributed by atoms with Crippen LogP contribution in [0.5, 0.6) is 5.75 Å². The van der Waals surface area contributed by atoms with E-state index in [1.165, 1.54) is 18.3 Å². The van der Waals surface area contributed by atoms with Crippen LogP contribution in [0.3, 0.4) is 0 Å². The first-order valence-corrected chi connectivity index (χ1v) is 9.00. The number of methoxy groups -OCH3 is 1. The number of nitrogens with one attached hydrogen (secondary N) is 2. The third-order valence-electron chi connectivity index (χ3n) is 3.96. The number of rotatable bonds is 7. The molecule has 1 aromatic heterocycles. The summed E-state index contributed by atoms with van der Waals surface area (Å²) in [7, 11) is 1.62. The summed E-state index contributed by atoms with van der Waals surface area (Å²) in [5, 5.41) is 18.2. The van der Waals surface area contributed by atoms with Crippen LogP contribution < -0.4 is 15.5 Å². The van der Waals surface area contributed by atoms with E-state index < -0.39 is 4.92 Å². The second-order valence-corrected chi connectivity index (χ2v) is 6.32. The Hall–Kier alpha value is -3.72. The number of benzene rings is 2. The lowest BCUT2D eigenvalue weighted by Crippen LogP contribution is -2.31. The Morgan fingerprint density at radius 1 is 1.17 bits per heavy atom. The predicted octanol–water partition coefficient (Wildman–Crippen LogP) is 3.86. The van der Waals surface area contributed by atoms with Gasteiger partial charge in [0.05, 0.1) is 18.2 Å². The van der Waals surface area contributed by atoms with Crippen molar-refractivity contribution in [3.63, 3.8) is 0 Å². The van der Waals surface area contributed by atoms with E-state index in [1.807, 2.05) is 24.3 Å².